The third kappa shape index (κ3) is 5.03. The molecule has 3 heterocycles. The molecule has 176 valence electrons. The van der Waals surface area contributed by atoms with E-state index in [0.29, 0.717) is 11.5 Å². The molecule has 3 N–H and O–H groups in total. The molecule has 7 nitrogen and oxygen atoms in total. The Morgan fingerprint density at radius 3 is 2.60 bits per heavy atom. The van der Waals surface area contributed by atoms with Crippen LogP contribution in [0.2, 0.25) is 0 Å². The third-order valence-corrected chi connectivity index (χ3v) is 6.57. The van der Waals surface area contributed by atoms with Crippen molar-refractivity contribution in [1.29, 1.82) is 5.26 Å². The van der Waals surface area contributed by atoms with Gasteiger partial charge in [-0.15, -0.1) is 0 Å². The van der Waals surface area contributed by atoms with E-state index < -0.39 is 0 Å². The molecule has 4 aromatic rings. The minimum atomic E-state index is 0.0949. The zero-order valence-electron chi connectivity index (χ0n) is 19.9. The van der Waals surface area contributed by atoms with E-state index in [1.165, 1.54) is 11.1 Å². The highest BCUT2D eigenvalue weighted by Crippen LogP contribution is 2.32. The molecule has 0 aliphatic carbocycles. The van der Waals surface area contributed by atoms with Crippen LogP contribution in [0.25, 0.3) is 11.1 Å². The van der Waals surface area contributed by atoms with Crippen molar-refractivity contribution in [2.45, 2.75) is 24.9 Å². The second-order valence-corrected chi connectivity index (χ2v) is 9.09. The number of benzene rings is 2. The topological polar surface area (TPSA) is 90.6 Å². The normalized spacial score (nSPS) is 16.3. The Morgan fingerprint density at radius 2 is 1.89 bits per heavy atom. The Kier molecular flexibility index (Phi) is 6.47. The van der Waals surface area contributed by atoms with Crippen molar-refractivity contribution in [3.8, 4) is 17.2 Å². The molecule has 0 amide bonds. The Labute approximate surface area is 205 Å². The van der Waals surface area contributed by atoms with E-state index in [1.54, 1.807) is 4.68 Å². The van der Waals surface area contributed by atoms with Crippen molar-refractivity contribution in [2.24, 2.45) is 7.05 Å². The van der Waals surface area contributed by atoms with Gasteiger partial charge in [0.1, 0.15) is 5.82 Å². The molecule has 0 radical (unpaired) electrons. The molecule has 0 bridgehead atoms. The van der Waals surface area contributed by atoms with Crippen LogP contribution in [0.5, 0.6) is 0 Å². The van der Waals surface area contributed by atoms with Gasteiger partial charge in [0.25, 0.3) is 0 Å². The van der Waals surface area contributed by atoms with Crippen LogP contribution in [0.1, 0.15) is 35.6 Å². The van der Waals surface area contributed by atoms with Crippen LogP contribution in [-0.4, -0.2) is 33.9 Å². The fraction of sp³-hybridized carbons (Fsp3) is 0.250. The summed E-state index contributed by atoms with van der Waals surface area (Å²) in [5.41, 5.74) is 6.22. The molecule has 7 heteroatoms. The molecule has 3 atom stereocenters. The highest BCUT2D eigenvalue weighted by molar-refractivity contribution is 5.75. The maximum atomic E-state index is 9.07. The molecule has 0 saturated carbocycles. The first-order valence-electron chi connectivity index (χ1n) is 11.9. The lowest BCUT2D eigenvalue weighted by molar-refractivity contribution is 0.453. The van der Waals surface area contributed by atoms with Gasteiger partial charge >= 0.3 is 0 Å². The number of aryl methyl sites for hydroxylation is 1. The summed E-state index contributed by atoms with van der Waals surface area (Å²) in [6.07, 6.45) is 5.74. The summed E-state index contributed by atoms with van der Waals surface area (Å²) in [5, 5.41) is 24.4. The van der Waals surface area contributed by atoms with Crippen molar-refractivity contribution >= 4 is 11.5 Å². The van der Waals surface area contributed by atoms with Gasteiger partial charge in [0.2, 0.25) is 0 Å². The van der Waals surface area contributed by atoms with Crippen LogP contribution in [0.4, 0.5) is 11.5 Å². The number of nitrogens with zero attached hydrogens (tertiary/aromatic N) is 4. The van der Waals surface area contributed by atoms with Gasteiger partial charge < -0.3 is 16.0 Å². The van der Waals surface area contributed by atoms with Crippen molar-refractivity contribution in [1.82, 2.24) is 20.1 Å². The first-order chi connectivity index (χ1) is 17.1. The number of anilines is 2. The van der Waals surface area contributed by atoms with Crippen LogP contribution in [0.15, 0.2) is 79.3 Å². The molecule has 0 spiro atoms. The molecule has 5 rings (SSSR count). The van der Waals surface area contributed by atoms with E-state index in [9.17, 15) is 0 Å². The molecule has 1 aliphatic rings. The lowest BCUT2D eigenvalue weighted by Gasteiger charge is -2.35. The van der Waals surface area contributed by atoms with Crippen molar-refractivity contribution in [3.63, 3.8) is 0 Å². The van der Waals surface area contributed by atoms with Gasteiger partial charge in [-0.2, -0.15) is 10.4 Å². The largest absolute Gasteiger partial charge is 0.380 e. The first-order valence-corrected chi connectivity index (χ1v) is 11.9. The van der Waals surface area contributed by atoms with Gasteiger partial charge in [0.15, 0.2) is 0 Å². The van der Waals surface area contributed by atoms with E-state index >= 15 is 0 Å². The number of nitrogens with one attached hydrogen (secondary N) is 3. The van der Waals surface area contributed by atoms with Gasteiger partial charge in [-0.25, -0.2) is 4.98 Å². The van der Waals surface area contributed by atoms with E-state index in [1.807, 2.05) is 56.0 Å². The summed E-state index contributed by atoms with van der Waals surface area (Å²) in [6, 6.07) is 22.9. The summed E-state index contributed by atoms with van der Waals surface area (Å²) in [5.74, 6) is 1.16. The fourth-order valence-corrected chi connectivity index (χ4v) is 4.55. The number of hydrogen-bond donors (Lipinski definition) is 3. The van der Waals surface area contributed by atoms with E-state index in [2.05, 4.69) is 64.4 Å². The third-order valence-electron chi connectivity index (χ3n) is 6.57. The average Bonchev–Trinajstić information content (AvgIpc) is 3.35. The van der Waals surface area contributed by atoms with Crippen molar-refractivity contribution < 1.29 is 0 Å². The fourth-order valence-electron chi connectivity index (χ4n) is 4.55. The molecule has 0 unspecified atom stereocenters. The molecule has 1 aliphatic heterocycles. The Bertz CT molecular complexity index is 1320. The van der Waals surface area contributed by atoms with Crippen LogP contribution in [0, 0.1) is 11.3 Å². The van der Waals surface area contributed by atoms with E-state index in [0.717, 1.165) is 35.7 Å². The van der Waals surface area contributed by atoms with Crippen LogP contribution in [0.3, 0.4) is 0 Å². The molecule has 0 saturated heterocycles. The van der Waals surface area contributed by atoms with E-state index in [-0.39, 0.29) is 12.1 Å². The Morgan fingerprint density at radius 1 is 1.09 bits per heavy atom. The van der Waals surface area contributed by atoms with Crippen molar-refractivity contribution in [2.75, 3.05) is 23.7 Å². The van der Waals surface area contributed by atoms with E-state index in [4.69, 9.17) is 10.2 Å². The molecule has 2 aromatic heterocycles. The smallest absolute Gasteiger partial charge is 0.149 e. The minimum absolute atomic E-state index is 0.0949. The predicted molar refractivity (Wildman–Crippen MR) is 139 cm³/mol. The molecule has 35 heavy (non-hydrogen) atoms. The number of pyridine rings is 1. The quantitative estimate of drug-likeness (QED) is 0.368. The number of nitriles is 1. The number of hydrogen-bond acceptors (Lipinski definition) is 6. The minimum Gasteiger partial charge on any atom is -0.380 e. The zero-order chi connectivity index (χ0) is 24.2. The highest BCUT2D eigenvalue weighted by Gasteiger charge is 2.28. The summed E-state index contributed by atoms with van der Waals surface area (Å²) in [4.78, 5) is 4.73. The summed E-state index contributed by atoms with van der Waals surface area (Å²) in [6.45, 7) is 3.78. The molecule has 2 aromatic carbocycles. The molecular weight excluding hydrogens is 434 g/mol. The van der Waals surface area contributed by atoms with Gasteiger partial charge in [0.05, 0.1) is 35.6 Å². The SMILES string of the molecule is C[C@H](CN[C@H](c1ccccc1)[C@H]1CNc2cc(-c3cnn(C)c3)cnc2N1)c1ccc(C#N)cc1. The average molecular weight is 464 g/mol. The van der Waals surface area contributed by atoms with Crippen molar-refractivity contribution in [3.05, 3.63) is 95.9 Å². The standard InChI is InChI=1S/C28H29N7/c1-19(21-10-8-20(13-29)9-11-21)14-31-27(22-6-4-3-5-7-22)26-17-30-25-12-23(15-32-28(25)34-26)24-16-33-35(2)18-24/h3-12,15-16,18-19,26-27,30-31H,14,17H2,1-2H3,(H,32,34)/t19-,26-,27-/m1/s1. The van der Waals surface area contributed by atoms with Gasteiger partial charge in [-0.05, 0) is 35.2 Å². The molecular formula is C28H29N7. The second-order valence-electron chi connectivity index (χ2n) is 9.09. The lowest BCUT2D eigenvalue weighted by Crippen LogP contribution is -2.45. The predicted octanol–water partition coefficient (Wildman–Crippen LogP) is 4.69. The first kappa shape index (κ1) is 22.6. The Hall–Kier alpha value is -4.15. The van der Waals surface area contributed by atoms with Gasteiger partial charge in [-0.3, -0.25) is 4.68 Å². The summed E-state index contributed by atoms with van der Waals surface area (Å²) < 4.78 is 1.80. The second kappa shape index (κ2) is 10.00. The number of rotatable bonds is 7. The van der Waals surface area contributed by atoms with Gasteiger partial charge in [-0.1, -0.05) is 49.4 Å². The zero-order valence-corrected chi connectivity index (χ0v) is 19.9. The molecule has 0 fully saturated rings. The van der Waals surface area contributed by atoms with Crippen LogP contribution < -0.4 is 16.0 Å². The summed E-state index contributed by atoms with van der Waals surface area (Å²) >= 11 is 0. The monoisotopic (exact) mass is 463 g/mol. The highest BCUT2D eigenvalue weighted by atomic mass is 15.2. The number of aromatic nitrogens is 3. The maximum Gasteiger partial charge on any atom is 0.149 e. The van der Waals surface area contributed by atoms with Gasteiger partial charge in [0, 0.05) is 43.7 Å². The lowest BCUT2D eigenvalue weighted by atomic mass is 9.95. The van der Waals surface area contributed by atoms with Crippen LogP contribution >= 0.6 is 0 Å². The summed E-state index contributed by atoms with van der Waals surface area (Å²) in [7, 11) is 1.92. The maximum absolute atomic E-state index is 9.07. The Balaban J connectivity index is 1.33. The number of fused-ring (bicyclic) bond motifs is 1. The van der Waals surface area contributed by atoms with Crippen LogP contribution in [-0.2, 0) is 7.05 Å².